The van der Waals surface area contributed by atoms with E-state index in [1.807, 2.05) is 6.07 Å². The predicted octanol–water partition coefficient (Wildman–Crippen LogP) is 2.61. The van der Waals surface area contributed by atoms with Crippen LogP contribution in [0.4, 0.5) is 0 Å². The molecule has 132 valence electrons. The van der Waals surface area contributed by atoms with Crippen LogP contribution in [0.3, 0.4) is 0 Å². The molecule has 7 heteroatoms. The van der Waals surface area contributed by atoms with Crippen molar-refractivity contribution in [2.24, 2.45) is 0 Å². The lowest BCUT2D eigenvalue weighted by Gasteiger charge is -2.39. The second-order valence-electron chi connectivity index (χ2n) is 6.76. The summed E-state index contributed by atoms with van der Waals surface area (Å²) in [6, 6.07) is 10.9. The maximum Gasteiger partial charge on any atom is 0.230 e. The Bertz CT molecular complexity index is 838. The molecule has 1 aromatic carbocycles. The Hall–Kier alpha value is -1.96. The van der Waals surface area contributed by atoms with Gasteiger partial charge in [0.05, 0.1) is 10.9 Å². The van der Waals surface area contributed by atoms with Crippen molar-refractivity contribution in [1.29, 1.82) is 0 Å². The number of aromatic nitrogens is 3. The van der Waals surface area contributed by atoms with E-state index in [4.69, 9.17) is 0 Å². The first-order chi connectivity index (χ1) is 12.1. The molecule has 1 unspecified atom stereocenters. The average molecular weight is 357 g/mol. The van der Waals surface area contributed by atoms with Gasteiger partial charge in [-0.3, -0.25) is 4.90 Å². The smallest absolute Gasteiger partial charge is 0.230 e. The van der Waals surface area contributed by atoms with Crippen molar-refractivity contribution in [3.63, 3.8) is 0 Å². The first-order valence-corrected chi connectivity index (χ1v) is 9.43. The molecule has 2 aromatic heterocycles. The lowest BCUT2D eigenvalue weighted by Crippen LogP contribution is -2.43. The molecule has 25 heavy (non-hydrogen) atoms. The van der Waals surface area contributed by atoms with E-state index in [0.29, 0.717) is 6.04 Å². The zero-order valence-corrected chi connectivity index (χ0v) is 15.4. The number of aromatic hydroxyl groups is 1. The second-order valence-corrected chi connectivity index (χ2v) is 7.77. The summed E-state index contributed by atoms with van der Waals surface area (Å²) in [5.41, 5.74) is 1.18. The number of hydrogen-bond donors (Lipinski definition) is 1. The molecule has 0 bridgehead atoms. The van der Waals surface area contributed by atoms with E-state index in [0.717, 1.165) is 35.8 Å². The minimum Gasteiger partial charge on any atom is -0.492 e. The predicted molar refractivity (Wildman–Crippen MR) is 99.1 cm³/mol. The SMILES string of the molecule is CN1CCC(N(C)C(c2ccccc2)c2sc3ncnn3c2O)CC1. The minimum absolute atomic E-state index is 0.00288. The van der Waals surface area contributed by atoms with Crippen molar-refractivity contribution < 1.29 is 5.11 Å². The summed E-state index contributed by atoms with van der Waals surface area (Å²) in [5, 5.41) is 14.9. The van der Waals surface area contributed by atoms with Gasteiger partial charge in [0.1, 0.15) is 6.33 Å². The summed E-state index contributed by atoms with van der Waals surface area (Å²) in [7, 11) is 4.35. The summed E-state index contributed by atoms with van der Waals surface area (Å²) >= 11 is 1.51. The molecular formula is C18H23N5OS. The van der Waals surface area contributed by atoms with Gasteiger partial charge in [-0.15, -0.1) is 0 Å². The molecule has 1 atom stereocenters. The number of hydrogen-bond acceptors (Lipinski definition) is 6. The Labute approximate surface area is 151 Å². The third kappa shape index (κ3) is 3.03. The topological polar surface area (TPSA) is 56.9 Å². The molecule has 3 aromatic rings. The quantitative estimate of drug-likeness (QED) is 0.778. The largest absolute Gasteiger partial charge is 0.492 e. The Morgan fingerprint density at radius 2 is 1.96 bits per heavy atom. The van der Waals surface area contributed by atoms with Crippen LogP contribution in [0.15, 0.2) is 36.7 Å². The van der Waals surface area contributed by atoms with Crippen LogP contribution in [0.5, 0.6) is 5.88 Å². The number of likely N-dealkylation sites (tertiary alicyclic amines) is 1. The van der Waals surface area contributed by atoms with Crippen LogP contribution >= 0.6 is 11.3 Å². The van der Waals surface area contributed by atoms with Gasteiger partial charge >= 0.3 is 0 Å². The third-order valence-electron chi connectivity index (χ3n) is 5.17. The Morgan fingerprint density at radius 1 is 1.24 bits per heavy atom. The molecule has 0 spiro atoms. The van der Waals surface area contributed by atoms with Crippen molar-refractivity contribution in [2.45, 2.75) is 24.9 Å². The van der Waals surface area contributed by atoms with Gasteiger partial charge in [0, 0.05) is 6.04 Å². The molecule has 0 amide bonds. The van der Waals surface area contributed by atoms with Gasteiger partial charge in [0.15, 0.2) is 0 Å². The van der Waals surface area contributed by atoms with E-state index in [1.54, 1.807) is 0 Å². The zero-order valence-electron chi connectivity index (χ0n) is 14.5. The summed E-state index contributed by atoms with van der Waals surface area (Å²) in [6.45, 7) is 2.22. The maximum atomic E-state index is 10.7. The summed E-state index contributed by atoms with van der Waals surface area (Å²) in [4.78, 5) is 10.7. The van der Waals surface area contributed by atoms with Gasteiger partial charge in [0.2, 0.25) is 10.8 Å². The molecule has 1 N–H and O–H groups in total. The van der Waals surface area contributed by atoms with E-state index in [9.17, 15) is 5.11 Å². The van der Waals surface area contributed by atoms with Crippen molar-refractivity contribution in [3.05, 3.63) is 47.1 Å². The summed E-state index contributed by atoms with van der Waals surface area (Å²) in [5.74, 6) is 0.200. The first kappa shape index (κ1) is 16.5. The third-order valence-corrected chi connectivity index (χ3v) is 6.26. The van der Waals surface area contributed by atoms with E-state index >= 15 is 0 Å². The molecule has 0 aliphatic carbocycles. The molecule has 0 radical (unpaired) electrons. The van der Waals surface area contributed by atoms with Gasteiger partial charge < -0.3 is 10.0 Å². The monoisotopic (exact) mass is 357 g/mol. The maximum absolute atomic E-state index is 10.7. The number of fused-ring (bicyclic) bond motifs is 1. The molecule has 1 saturated heterocycles. The minimum atomic E-state index is 0.00288. The lowest BCUT2D eigenvalue weighted by molar-refractivity contribution is 0.121. The molecule has 4 rings (SSSR count). The Kier molecular flexibility index (Phi) is 4.45. The molecule has 1 fully saturated rings. The summed E-state index contributed by atoms with van der Waals surface area (Å²) < 4.78 is 1.53. The van der Waals surface area contributed by atoms with Crippen molar-refractivity contribution >= 4 is 16.3 Å². The fourth-order valence-corrected chi connectivity index (χ4v) is 4.80. The fourth-order valence-electron chi connectivity index (χ4n) is 3.69. The van der Waals surface area contributed by atoms with Gasteiger partial charge in [-0.2, -0.15) is 9.61 Å². The van der Waals surface area contributed by atoms with Crippen LogP contribution in [0.1, 0.15) is 29.3 Å². The number of thiazole rings is 1. The van der Waals surface area contributed by atoms with Gasteiger partial charge in [0.25, 0.3) is 0 Å². The number of rotatable bonds is 4. The molecule has 1 aliphatic rings. The highest BCUT2D eigenvalue weighted by molar-refractivity contribution is 7.17. The average Bonchev–Trinajstić information content (AvgIpc) is 3.21. The van der Waals surface area contributed by atoms with Crippen molar-refractivity contribution in [1.82, 2.24) is 24.4 Å². The van der Waals surface area contributed by atoms with Crippen LogP contribution in [-0.2, 0) is 0 Å². The first-order valence-electron chi connectivity index (χ1n) is 8.62. The van der Waals surface area contributed by atoms with Gasteiger partial charge in [-0.1, -0.05) is 41.7 Å². The summed E-state index contributed by atoms with van der Waals surface area (Å²) in [6.07, 6.45) is 3.75. The zero-order chi connectivity index (χ0) is 17.4. The van der Waals surface area contributed by atoms with Gasteiger partial charge in [-0.25, -0.2) is 4.98 Å². The number of nitrogens with zero attached hydrogens (tertiary/aromatic N) is 5. The number of piperidine rings is 1. The standard InChI is InChI=1S/C18H23N5OS/c1-21-10-8-14(9-11-21)22(2)15(13-6-4-3-5-7-13)16-17(24)23-18(25-16)19-12-20-23/h3-7,12,14-15,24H,8-11H2,1-2H3. The van der Waals surface area contributed by atoms with Crippen LogP contribution in [0, 0.1) is 0 Å². The fraction of sp³-hybridized carbons (Fsp3) is 0.444. The molecule has 0 saturated carbocycles. The van der Waals surface area contributed by atoms with Crippen LogP contribution in [-0.4, -0.2) is 62.7 Å². The molecule has 3 heterocycles. The molecule has 6 nitrogen and oxygen atoms in total. The van der Waals surface area contributed by atoms with Crippen molar-refractivity contribution in [3.8, 4) is 5.88 Å². The normalized spacial score (nSPS) is 18.2. The highest BCUT2D eigenvalue weighted by Gasteiger charge is 2.32. The van der Waals surface area contributed by atoms with E-state index in [1.165, 1.54) is 27.7 Å². The Balaban J connectivity index is 1.74. The van der Waals surface area contributed by atoms with Crippen LogP contribution < -0.4 is 0 Å². The number of benzene rings is 1. The van der Waals surface area contributed by atoms with Gasteiger partial charge in [-0.05, 0) is 45.6 Å². The van der Waals surface area contributed by atoms with E-state index < -0.39 is 0 Å². The molecule has 1 aliphatic heterocycles. The lowest BCUT2D eigenvalue weighted by atomic mass is 9.98. The highest BCUT2D eigenvalue weighted by Crippen LogP contribution is 2.40. The van der Waals surface area contributed by atoms with Crippen LogP contribution in [0.2, 0.25) is 0 Å². The van der Waals surface area contributed by atoms with E-state index in [-0.39, 0.29) is 11.9 Å². The van der Waals surface area contributed by atoms with Crippen molar-refractivity contribution in [2.75, 3.05) is 27.2 Å². The highest BCUT2D eigenvalue weighted by atomic mass is 32.1. The second kappa shape index (κ2) is 6.74. The van der Waals surface area contributed by atoms with Crippen LogP contribution in [0.25, 0.3) is 4.96 Å². The van der Waals surface area contributed by atoms with E-state index in [2.05, 4.69) is 58.2 Å². The Morgan fingerprint density at radius 3 is 2.64 bits per heavy atom. The molecular weight excluding hydrogens is 334 g/mol.